The zero-order chi connectivity index (χ0) is 14.8. The fourth-order valence-corrected chi connectivity index (χ4v) is 3.95. The van der Waals surface area contributed by atoms with E-state index in [4.69, 9.17) is 5.11 Å². The van der Waals surface area contributed by atoms with Gasteiger partial charge in [-0.1, -0.05) is 19.1 Å². The van der Waals surface area contributed by atoms with E-state index in [1.807, 2.05) is 6.92 Å². The molecule has 0 heterocycles. The van der Waals surface area contributed by atoms with Crippen LogP contribution in [0.5, 0.6) is 0 Å². The summed E-state index contributed by atoms with van der Waals surface area (Å²) in [5.74, 6) is -0.791. The molecule has 1 aromatic carbocycles. The van der Waals surface area contributed by atoms with Crippen molar-refractivity contribution in [3.05, 3.63) is 29.8 Å². The average Bonchev–Trinajstić information content (AvgIpc) is 3.22. The zero-order valence-electron chi connectivity index (χ0n) is 11.4. The molecule has 6 heteroatoms. The van der Waals surface area contributed by atoms with Gasteiger partial charge in [-0.2, -0.15) is 4.31 Å². The number of carboxylic acid groups (broad SMARTS) is 1. The van der Waals surface area contributed by atoms with Crippen LogP contribution in [0.1, 0.15) is 36.5 Å². The number of sulfonamides is 1. The van der Waals surface area contributed by atoms with Crippen LogP contribution in [-0.4, -0.2) is 36.9 Å². The zero-order valence-corrected chi connectivity index (χ0v) is 12.3. The van der Waals surface area contributed by atoms with Crippen molar-refractivity contribution in [2.24, 2.45) is 5.92 Å². The van der Waals surface area contributed by atoms with Gasteiger partial charge < -0.3 is 5.11 Å². The molecule has 20 heavy (non-hydrogen) atoms. The summed E-state index contributed by atoms with van der Waals surface area (Å²) in [6.45, 7) is 2.83. The highest BCUT2D eigenvalue weighted by Gasteiger charge is 2.33. The second-order valence-corrected chi connectivity index (χ2v) is 7.01. The quantitative estimate of drug-likeness (QED) is 0.837. The molecule has 0 radical (unpaired) electrons. The van der Waals surface area contributed by atoms with Gasteiger partial charge in [-0.15, -0.1) is 0 Å². The first kappa shape index (κ1) is 15.0. The van der Waals surface area contributed by atoms with E-state index in [1.165, 1.54) is 22.5 Å². The van der Waals surface area contributed by atoms with Crippen molar-refractivity contribution in [1.29, 1.82) is 0 Å². The third kappa shape index (κ3) is 3.19. The summed E-state index contributed by atoms with van der Waals surface area (Å²) in [4.78, 5) is 11.1. The Kier molecular flexibility index (Phi) is 4.45. The van der Waals surface area contributed by atoms with Gasteiger partial charge >= 0.3 is 5.97 Å². The Morgan fingerprint density at radius 3 is 2.55 bits per heavy atom. The molecule has 0 atom stereocenters. The highest BCUT2D eigenvalue weighted by Crippen LogP contribution is 2.32. The molecule has 1 aliphatic carbocycles. The van der Waals surface area contributed by atoms with E-state index in [2.05, 4.69) is 0 Å². The number of hydrogen-bond donors (Lipinski definition) is 1. The first-order valence-corrected chi connectivity index (χ1v) is 8.23. The summed E-state index contributed by atoms with van der Waals surface area (Å²) in [5.41, 5.74) is -0.163. The van der Waals surface area contributed by atoms with Crippen LogP contribution in [0.2, 0.25) is 0 Å². The molecule has 0 aliphatic heterocycles. The van der Waals surface area contributed by atoms with Crippen LogP contribution in [0, 0.1) is 5.92 Å². The Morgan fingerprint density at radius 1 is 1.35 bits per heavy atom. The molecule has 0 amide bonds. The van der Waals surface area contributed by atoms with Gasteiger partial charge in [-0.25, -0.2) is 13.2 Å². The molecule has 0 saturated heterocycles. The van der Waals surface area contributed by atoms with Crippen LogP contribution in [0.15, 0.2) is 29.2 Å². The lowest BCUT2D eigenvalue weighted by atomic mass is 10.2. The van der Waals surface area contributed by atoms with Crippen LogP contribution < -0.4 is 0 Å². The Bertz CT molecular complexity index is 593. The van der Waals surface area contributed by atoms with Gasteiger partial charge in [0.25, 0.3) is 0 Å². The second-order valence-electron chi connectivity index (χ2n) is 5.11. The minimum absolute atomic E-state index is 0.110. The molecule has 1 saturated carbocycles. The molecule has 1 fully saturated rings. The maximum atomic E-state index is 12.7. The van der Waals surface area contributed by atoms with Crippen LogP contribution in [-0.2, 0) is 10.0 Å². The fraction of sp³-hybridized carbons (Fsp3) is 0.500. The number of carboxylic acids is 1. The standard InChI is InChI=1S/C14H19NO4S/c1-2-9-15(10-11-7-8-11)20(18,19)13-6-4-3-5-12(13)14(16)17/h3-6,11H,2,7-10H2,1H3,(H,16,17). The van der Waals surface area contributed by atoms with E-state index in [0.29, 0.717) is 25.4 Å². The van der Waals surface area contributed by atoms with E-state index in [-0.39, 0.29) is 10.5 Å². The van der Waals surface area contributed by atoms with E-state index in [1.54, 1.807) is 6.07 Å². The number of benzene rings is 1. The summed E-state index contributed by atoms with van der Waals surface area (Å²) < 4.78 is 26.8. The van der Waals surface area contributed by atoms with Gasteiger partial charge in [0.1, 0.15) is 0 Å². The van der Waals surface area contributed by atoms with Gasteiger partial charge in [0.05, 0.1) is 10.5 Å². The lowest BCUT2D eigenvalue weighted by molar-refractivity contribution is 0.0692. The number of hydrogen-bond acceptors (Lipinski definition) is 3. The molecule has 5 nitrogen and oxygen atoms in total. The van der Waals surface area contributed by atoms with E-state index in [0.717, 1.165) is 12.8 Å². The Balaban J connectivity index is 2.38. The lowest BCUT2D eigenvalue weighted by Crippen LogP contribution is -2.34. The van der Waals surface area contributed by atoms with Crippen molar-refractivity contribution in [3.8, 4) is 0 Å². The maximum absolute atomic E-state index is 12.7. The van der Waals surface area contributed by atoms with E-state index in [9.17, 15) is 13.2 Å². The number of carbonyl (C=O) groups is 1. The second kappa shape index (κ2) is 5.93. The molecule has 1 aromatic rings. The summed E-state index contributed by atoms with van der Waals surface area (Å²) in [7, 11) is -3.74. The Hall–Kier alpha value is -1.40. The molecular weight excluding hydrogens is 278 g/mol. The summed E-state index contributed by atoms with van der Waals surface area (Å²) >= 11 is 0. The third-order valence-corrected chi connectivity index (χ3v) is 5.29. The van der Waals surface area contributed by atoms with Crippen LogP contribution in [0.3, 0.4) is 0 Å². The molecule has 0 spiro atoms. The highest BCUT2D eigenvalue weighted by molar-refractivity contribution is 7.89. The molecule has 1 N–H and O–H groups in total. The van der Waals surface area contributed by atoms with Crippen LogP contribution in [0.4, 0.5) is 0 Å². The van der Waals surface area contributed by atoms with Crippen molar-refractivity contribution in [1.82, 2.24) is 4.31 Å². The Morgan fingerprint density at radius 2 is 2.00 bits per heavy atom. The fourth-order valence-electron chi connectivity index (χ4n) is 2.15. The smallest absolute Gasteiger partial charge is 0.337 e. The third-order valence-electron chi connectivity index (χ3n) is 3.37. The van der Waals surface area contributed by atoms with Gasteiger partial charge in [0.2, 0.25) is 10.0 Å². The van der Waals surface area contributed by atoms with Gasteiger partial charge in [0, 0.05) is 13.1 Å². The molecule has 2 rings (SSSR count). The SMILES string of the molecule is CCCN(CC1CC1)S(=O)(=O)c1ccccc1C(=O)O. The number of aromatic carboxylic acids is 1. The molecule has 0 unspecified atom stereocenters. The van der Waals surface area contributed by atoms with Crippen molar-refractivity contribution in [2.45, 2.75) is 31.1 Å². The topological polar surface area (TPSA) is 74.7 Å². The molecule has 110 valence electrons. The van der Waals surface area contributed by atoms with Crippen molar-refractivity contribution in [3.63, 3.8) is 0 Å². The molecular formula is C14H19NO4S. The summed E-state index contributed by atoms with van der Waals surface area (Å²) in [5, 5.41) is 9.15. The van der Waals surface area contributed by atoms with Gasteiger partial charge in [0.15, 0.2) is 0 Å². The van der Waals surface area contributed by atoms with Crippen LogP contribution in [0.25, 0.3) is 0 Å². The highest BCUT2D eigenvalue weighted by atomic mass is 32.2. The number of nitrogens with zero attached hydrogens (tertiary/aromatic N) is 1. The summed E-state index contributed by atoms with van der Waals surface area (Å²) in [6.07, 6.45) is 2.81. The van der Waals surface area contributed by atoms with E-state index < -0.39 is 16.0 Å². The molecule has 0 bridgehead atoms. The number of rotatable bonds is 7. The van der Waals surface area contributed by atoms with Gasteiger partial charge in [-0.3, -0.25) is 0 Å². The molecule has 0 aromatic heterocycles. The van der Waals surface area contributed by atoms with Crippen molar-refractivity contribution < 1.29 is 18.3 Å². The predicted molar refractivity (Wildman–Crippen MR) is 75.2 cm³/mol. The van der Waals surface area contributed by atoms with Gasteiger partial charge in [-0.05, 0) is 37.3 Å². The lowest BCUT2D eigenvalue weighted by Gasteiger charge is -2.22. The average molecular weight is 297 g/mol. The van der Waals surface area contributed by atoms with Crippen molar-refractivity contribution >= 4 is 16.0 Å². The Labute approximate surface area is 119 Å². The van der Waals surface area contributed by atoms with Crippen molar-refractivity contribution in [2.75, 3.05) is 13.1 Å². The predicted octanol–water partition coefficient (Wildman–Crippen LogP) is 2.20. The largest absolute Gasteiger partial charge is 0.478 e. The summed E-state index contributed by atoms with van der Waals surface area (Å²) in [6, 6.07) is 5.79. The molecule has 1 aliphatic rings. The minimum atomic E-state index is -3.74. The maximum Gasteiger partial charge on any atom is 0.337 e. The van der Waals surface area contributed by atoms with Crippen LogP contribution >= 0.6 is 0 Å². The first-order chi connectivity index (χ1) is 9.46. The monoisotopic (exact) mass is 297 g/mol. The first-order valence-electron chi connectivity index (χ1n) is 6.79. The normalized spacial score (nSPS) is 15.5. The van der Waals surface area contributed by atoms with E-state index >= 15 is 0 Å². The minimum Gasteiger partial charge on any atom is -0.478 e.